The fraction of sp³-hybridized carbons (Fsp3) is 0.538. The molecule has 2 aliphatic heterocycles. The van der Waals surface area contributed by atoms with Gasteiger partial charge in [-0.3, -0.25) is 10.1 Å². The van der Waals surface area contributed by atoms with Crippen molar-refractivity contribution in [3.05, 3.63) is 28.3 Å². The van der Waals surface area contributed by atoms with Gasteiger partial charge in [0.1, 0.15) is 0 Å². The van der Waals surface area contributed by atoms with E-state index in [4.69, 9.17) is 4.74 Å². The summed E-state index contributed by atoms with van der Waals surface area (Å²) in [5.41, 5.74) is -0.343. The van der Waals surface area contributed by atoms with E-state index in [1.54, 1.807) is 0 Å². The Balaban J connectivity index is 0.00000192. The summed E-state index contributed by atoms with van der Waals surface area (Å²) in [7, 11) is -2.41. The fourth-order valence-electron chi connectivity index (χ4n) is 3.13. The average Bonchev–Trinajstić information content (AvgIpc) is 3.07. The number of halogens is 1. The SMILES string of the molecule is COc1ccc(S(=O)(=O)N2C[C@H]3CNC[C@H]3C2)cc1[N+](=O)[O-].Cl. The van der Waals surface area contributed by atoms with Crippen LogP contribution in [0, 0.1) is 22.0 Å². The molecule has 2 atom stereocenters. The zero-order valence-electron chi connectivity index (χ0n) is 12.5. The fourth-order valence-corrected chi connectivity index (χ4v) is 4.70. The molecule has 23 heavy (non-hydrogen) atoms. The van der Waals surface area contributed by atoms with Gasteiger partial charge in [-0.1, -0.05) is 0 Å². The third-order valence-electron chi connectivity index (χ3n) is 4.34. The number of benzene rings is 1. The number of sulfonamides is 1. The van der Waals surface area contributed by atoms with Crippen LogP contribution in [-0.4, -0.2) is 50.9 Å². The zero-order chi connectivity index (χ0) is 15.9. The topological polar surface area (TPSA) is 102 Å². The molecule has 0 amide bonds. The first-order chi connectivity index (χ1) is 10.4. The molecule has 128 valence electrons. The van der Waals surface area contributed by atoms with Crippen molar-refractivity contribution in [3.8, 4) is 5.75 Å². The lowest BCUT2D eigenvalue weighted by Crippen LogP contribution is -2.32. The van der Waals surface area contributed by atoms with Crippen LogP contribution in [0.5, 0.6) is 5.75 Å². The highest BCUT2D eigenvalue weighted by Gasteiger charge is 2.41. The smallest absolute Gasteiger partial charge is 0.312 e. The normalized spacial score (nSPS) is 24.0. The Bertz CT molecular complexity index is 700. The molecule has 2 saturated heterocycles. The molecule has 0 bridgehead atoms. The van der Waals surface area contributed by atoms with Crippen molar-refractivity contribution in [2.24, 2.45) is 11.8 Å². The minimum absolute atomic E-state index is 0. The number of nitrogens with one attached hydrogen (secondary N) is 1. The van der Waals surface area contributed by atoms with Crippen LogP contribution in [0.4, 0.5) is 5.69 Å². The molecule has 2 aliphatic rings. The maximum absolute atomic E-state index is 12.7. The number of fused-ring (bicyclic) bond motifs is 1. The van der Waals surface area contributed by atoms with Crippen molar-refractivity contribution in [1.29, 1.82) is 0 Å². The molecule has 1 aromatic carbocycles. The number of rotatable bonds is 4. The molecule has 0 aliphatic carbocycles. The van der Waals surface area contributed by atoms with Crippen molar-refractivity contribution in [2.45, 2.75) is 4.90 Å². The van der Waals surface area contributed by atoms with Gasteiger partial charge in [0, 0.05) is 19.2 Å². The van der Waals surface area contributed by atoms with E-state index >= 15 is 0 Å². The second-order valence-corrected chi connectivity index (χ2v) is 7.53. The summed E-state index contributed by atoms with van der Waals surface area (Å²) in [6.07, 6.45) is 0. The van der Waals surface area contributed by atoms with Gasteiger partial charge in [-0.2, -0.15) is 4.31 Å². The Kier molecular flexibility index (Phi) is 5.14. The monoisotopic (exact) mass is 363 g/mol. The lowest BCUT2D eigenvalue weighted by molar-refractivity contribution is -0.386. The minimum Gasteiger partial charge on any atom is -0.490 e. The Labute approximate surface area is 140 Å². The largest absolute Gasteiger partial charge is 0.490 e. The second kappa shape index (κ2) is 6.60. The predicted molar refractivity (Wildman–Crippen MR) is 85.5 cm³/mol. The number of methoxy groups -OCH3 is 1. The molecule has 0 aromatic heterocycles. The van der Waals surface area contributed by atoms with Gasteiger partial charge >= 0.3 is 5.69 Å². The number of nitro benzene ring substituents is 1. The van der Waals surface area contributed by atoms with E-state index in [0.29, 0.717) is 24.9 Å². The molecule has 0 unspecified atom stereocenters. The van der Waals surface area contributed by atoms with Gasteiger partial charge in [0.25, 0.3) is 0 Å². The van der Waals surface area contributed by atoms with Gasteiger partial charge in [-0.25, -0.2) is 8.42 Å². The molecule has 2 heterocycles. The minimum atomic E-state index is -3.72. The second-order valence-electron chi connectivity index (χ2n) is 5.59. The van der Waals surface area contributed by atoms with Gasteiger partial charge in [0.15, 0.2) is 5.75 Å². The molecule has 0 saturated carbocycles. The highest BCUT2D eigenvalue weighted by atomic mass is 35.5. The van der Waals surface area contributed by atoms with Crippen molar-refractivity contribution < 1.29 is 18.1 Å². The Morgan fingerprint density at radius 3 is 2.43 bits per heavy atom. The first kappa shape index (κ1) is 17.9. The molecule has 0 radical (unpaired) electrons. The number of ether oxygens (including phenoxy) is 1. The third-order valence-corrected chi connectivity index (χ3v) is 6.17. The highest BCUT2D eigenvalue weighted by molar-refractivity contribution is 7.89. The summed E-state index contributed by atoms with van der Waals surface area (Å²) in [5, 5.41) is 14.3. The standard InChI is InChI=1S/C13H17N3O5S.ClH/c1-21-13-3-2-11(4-12(13)16(17)18)22(19,20)15-7-9-5-14-6-10(9)8-15;/h2-4,9-10,14H,5-8H2,1H3;1H/t9-,10+;. The summed E-state index contributed by atoms with van der Waals surface area (Å²) in [6.45, 7) is 2.55. The zero-order valence-corrected chi connectivity index (χ0v) is 14.1. The maximum atomic E-state index is 12.7. The van der Waals surface area contributed by atoms with E-state index in [1.807, 2.05) is 0 Å². The Morgan fingerprint density at radius 1 is 1.30 bits per heavy atom. The van der Waals surface area contributed by atoms with Crippen LogP contribution in [0.3, 0.4) is 0 Å². The van der Waals surface area contributed by atoms with Gasteiger partial charge in [-0.05, 0) is 37.1 Å². The number of hydrogen-bond donors (Lipinski definition) is 1. The summed E-state index contributed by atoms with van der Waals surface area (Å²) in [4.78, 5) is 10.3. The van der Waals surface area contributed by atoms with Crippen LogP contribution in [0.1, 0.15) is 0 Å². The van der Waals surface area contributed by atoms with Crippen LogP contribution < -0.4 is 10.1 Å². The van der Waals surface area contributed by atoms with Gasteiger partial charge < -0.3 is 10.1 Å². The van der Waals surface area contributed by atoms with Crippen molar-refractivity contribution in [2.75, 3.05) is 33.3 Å². The highest BCUT2D eigenvalue weighted by Crippen LogP contribution is 2.34. The average molecular weight is 364 g/mol. The van der Waals surface area contributed by atoms with Gasteiger partial charge in [-0.15, -0.1) is 12.4 Å². The van der Waals surface area contributed by atoms with Crippen LogP contribution in [0.25, 0.3) is 0 Å². The number of nitrogens with zero attached hydrogens (tertiary/aromatic N) is 2. The van der Waals surface area contributed by atoms with Gasteiger partial charge in [0.05, 0.1) is 16.9 Å². The Hall–Kier alpha value is -1.42. The molecule has 0 spiro atoms. The molecular formula is C13H18ClN3O5S. The van der Waals surface area contributed by atoms with E-state index < -0.39 is 14.9 Å². The molecule has 10 heteroatoms. The van der Waals surface area contributed by atoms with E-state index in [-0.39, 0.29) is 28.7 Å². The van der Waals surface area contributed by atoms with Crippen LogP contribution in [0.15, 0.2) is 23.1 Å². The van der Waals surface area contributed by atoms with Crippen LogP contribution in [0.2, 0.25) is 0 Å². The molecule has 8 nitrogen and oxygen atoms in total. The lowest BCUT2D eigenvalue weighted by atomic mass is 10.0. The summed E-state index contributed by atoms with van der Waals surface area (Å²) in [6, 6.07) is 3.75. The van der Waals surface area contributed by atoms with E-state index in [9.17, 15) is 18.5 Å². The molecule has 1 N–H and O–H groups in total. The van der Waals surface area contributed by atoms with Crippen molar-refractivity contribution in [3.63, 3.8) is 0 Å². The van der Waals surface area contributed by atoms with Crippen molar-refractivity contribution >= 4 is 28.1 Å². The predicted octanol–water partition coefficient (Wildman–Crippen LogP) is 0.865. The van der Waals surface area contributed by atoms with E-state index in [2.05, 4.69) is 5.32 Å². The van der Waals surface area contributed by atoms with E-state index in [0.717, 1.165) is 19.2 Å². The molecule has 3 rings (SSSR count). The molecule has 2 fully saturated rings. The lowest BCUT2D eigenvalue weighted by Gasteiger charge is -2.17. The van der Waals surface area contributed by atoms with Crippen LogP contribution in [-0.2, 0) is 10.0 Å². The maximum Gasteiger partial charge on any atom is 0.312 e. The number of hydrogen-bond acceptors (Lipinski definition) is 6. The Morgan fingerprint density at radius 2 is 1.91 bits per heavy atom. The summed E-state index contributed by atoms with van der Waals surface area (Å²) < 4.78 is 31.7. The summed E-state index contributed by atoms with van der Waals surface area (Å²) in [5.74, 6) is 0.692. The number of nitro groups is 1. The van der Waals surface area contributed by atoms with E-state index in [1.165, 1.54) is 23.5 Å². The van der Waals surface area contributed by atoms with Crippen molar-refractivity contribution in [1.82, 2.24) is 9.62 Å². The first-order valence-corrected chi connectivity index (χ1v) is 8.41. The molecule has 1 aromatic rings. The molecular weight excluding hydrogens is 346 g/mol. The first-order valence-electron chi connectivity index (χ1n) is 6.97. The summed E-state index contributed by atoms with van der Waals surface area (Å²) >= 11 is 0. The third kappa shape index (κ3) is 3.14. The van der Waals surface area contributed by atoms with Gasteiger partial charge in [0.2, 0.25) is 10.0 Å². The van der Waals surface area contributed by atoms with Crippen LogP contribution >= 0.6 is 12.4 Å². The quantitative estimate of drug-likeness (QED) is 0.629.